The molecule has 0 radical (unpaired) electrons. The number of carbonyl (C=O) groups is 1. The standard InChI is InChI=1S/C22H28N2O/c1-17(20-11-10-18-6-2-5-9-21(18)16-20)23-12-14-24(15-13-23)22(25)19-7-3-4-8-19/h2,5-6,9-11,16-17,19H,3-4,7-8,12-15H2,1H3. The van der Waals surface area contributed by atoms with Gasteiger partial charge in [-0.1, -0.05) is 49.2 Å². The van der Waals surface area contributed by atoms with Crippen LogP contribution in [0, 0.1) is 5.92 Å². The first-order chi connectivity index (χ1) is 12.2. The predicted octanol–water partition coefficient (Wildman–Crippen LogP) is 4.24. The molecule has 0 bridgehead atoms. The maximum atomic E-state index is 12.6. The average molecular weight is 336 g/mol. The molecule has 0 spiro atoms. The highest BCUT2D eigenvalue weighted by Crippen LogP contribution is 2.29. The monoisotopic (exact) mass is 336 g/mol. The van der Waals surface area contributed by atoms with Crippen LogP contribution in [0.2, 0.25) is 0 Å². The Balaban J connectivity index is 1.40. The van der Waals surface area contributed by atoms with Gasteiger partial charge >= 0.3 is 0 Å². The molecule has 2 aromatic rings. The minimum absolute atomic E-state index is 0.310. The summed E-state index contributed by atoms with van der Waals surface area (Å²) in [7, 11) is 0. The van der Waals surface area contributed by atoms with Crippen LogP contribution >= 0.6 is 0 Å². The van der Waals surface area contributed by atoms with Crippen molar-refractivity contribution in [3.63, 3.8) is 0 Å². The van der Waals surface area contributed by atoms with E-state index in [0.29, 0.717) is 17.9 Å². The van der Waals surface area contributed by atoms with E-state index in [1.54, 1.807) is 0 Å². The highest BCUT2D eigenvalue weighted by atomic mass is 16.2. The van der Waals surface area contributed by atoms with E-state index < -0.39 is 0 Å². The summed E-state index contributed by atoms with van der Waals surface area (Å²) in [6.45, 7) is 6.01. The van der Waals surface area contributed by atoms with Crippen molar-refractivity contribution >= 4 is 16.7 Å². The van der Waals surface area contributed by atoms with Gasteiger partial charge in [0.1, 0.15) is 0 Å². The number of amides is 1. The molecule has 4 rings (SSSR count). The molecule has 1 unspecified atom stereocenters. The van der Waals surface area contributed by atoms with Crippen molar-refractivity contribution in [3.8, 4) is 0 Å². The quantitative estimate of drug-likeness (QED) is 0.837. The molecule has 1 heterocycles. The van der Waals surface area contributed by atoms with Gasteiger partial charge in [0.05, 0.1) is 0 Å². The third kappa shape index (κ3) is 3.43. The second-order valence-corrected chi connectivity index (χ2v) is 7.63. The normalized spacial score (nSPS) is 20.9. The van der Waals surface area contributed by atoms with Gasteiger partial charge in [0.15, 0.2) is 0 Å². The molecule has 0 N–H and O–H groups in total. The van der Waals surface area contributed by atoms with Crippen LogP contribution in [-0.2, 0) is 4.79 Å². The second kappa shape index (κ2) is 7.17. The third-order valence-electron chi connectivity index (χ3n) is 6.13. The summed E-state index contributed by atoms with van der Waals surface area (Å²) in [6, 6.07) is 15.7. The molecule has 1 aliphatic heterocycles. The first kappa shape index (κ1) is 16.6. The molecular formula is C22H28N2O. The Morgan fingerprint density at radius 1 is 0.960 bits per heavy atom. The maximum Gasteiger partial charge on any atom is 0.225 e. The third-order valence-corrected chi connectivity index (χ3v) is 6.13. The van der Waals surface area contributed by atoms with Gasteiger partial charge in [-0.15, -0.1) is 0 Å². The van der Waals surface area contributed by atoms with Gasteiger partial charge in [-0.2, -0.15) is 0 Å². The van der Waals surface area contributed by atoms with Gasteiger partial charge in [-0.05, 0) is 42.2 Å². The molecule has 1 saturated carbocycles. The van der Waals surface area contributed by atoms with E-state index in [9.17, 15) is 4.79 Å². The van der Waals surface area contributed by atoms with Crippen molar-refractivity contribution in [1.82, 2.24) is 9.80 Å². The summed E-state index contributed by atoms with van der Waals surface area (Å²) >= 11 is 0. The number of nitrogens with zero attached hydrogens (tertiary/aromatic N) is 2. The van der Waals surface area contributed by atoms with Crippen LogP contribution in [0.3, 0.4) is 0 Å². The smallest absolute Gasteiger partial charge is 0.225 e. The fourth-order valence-corrected chi connectivity index (χ4v) is 4.44. The highest BCUT2D eigenvalue weighted by Gasteiger charge is 2.30. The molecule has 2 fully saturated rings. The van der Waals surface area contributed by atoms with E-state index in [0.717, 1.165) is 39.0 Å². The average Bonchev–Trinajstić information content (AvgIpc) is 3.21. The van der Waals surface area contributed by atoms with Gasteiger partial charge in [0, 0.05) is 38.1 Å². The number of piperazine rings is 1. The molecule has 3 nitrogen and oxygen atoms in total. The Kier molecular flexibility index (Phi) is 4.76. The van der Waals surface area contributed by atoms with E-state index in [2.05, 4.69) is 59.2 Å². The summed E-state index contributed by atoms with van der Waals surface area (Å²) in [4.78, 5) is 17.2. The van der Waals surface area contributed by atoms with E-state index in [1.165, 1.54) is 29.2 Å². The number of hydrogen-bond acceptors (Lipinski definition) is 2. The van der Waals surface area contributed by atoms with E-state index >= 15 is 0 Å². The number of rotatable bonds is 3. The summed E-state index contributed by atoms with van der Waals surface area (Å²) in [5.74, 6) is 0.722. The van der Waals surface area contributed by atoms with E-state index in [4.69, 9.17) is 0 Å². The molecule has 1 aliphatic carbocycles. The van der Waals surface area contributed by atoms with Crippen molar-refractivity contribution in [1.29, 1.82) is 0 Å². The van der Waals surface area contributed by atoms with Gasteiger partial charge in [0.2, 0.25) is 5.91 Å². The van der Waals surface area contributed by atoms with Crippen LogP contribution in [0.15, 0.2) is 42.5 Å². The lowest BCUT2D eigenvalue weighted by atomic mass is 10.0. The van der Waals surface area contributed by atoms with Crippen LogP contribution < -0.4 is 0 Å². The molecule has 1 saturated heterocycles. The van der Waals surface area contributed by atoms with Crippen molar-refractivity contribution in [3.05, 3.63) is 48.0 Å². The minimum atomic E-state index is 0.310. The second-order valence-electron chi connectivity index (χ2n) is 7.63. The van der Waals surface area contributed by atoms with Crippen molar-refractivity contribution in [2.24, 2.45) is 5.92 Å². The predicted molar refractivity (Wildman–Crippen MR) is 102 cm³/mol. The number of benzene rings is 2. The Morgan fingerprint density at radius 3 is 2.36 bits per heavy atom. The van der Waals surface area contributed by atoms with Gasteiger partial charge in [-0.25, -0.2) is 0 Å². The fourth-order valence-electron chi connectivity index (χ4n) is 4.44. The molecule has 3 heteroatoms. The van der Waals surface area contributed by atoms with E-state index in [1.807, 2.05) is 0 Å². The van der Waals surface area contributed by atoms with Crippen molar-refractivity contribution in [2.45, 2.75) is 38.6 Å². The maximum absolute atomic E-state index is 12.6. The van der Waals surface area contributed by atoms with Gasteiger partial charge in [-0.3, -0.25) is 9.69 Å². The lowest BCUT2D eigenvalue weighted by molar-refractivity contribution is -0.137. The highest BCUT2D eigenvalue weighted by molar-refractivity contribution is 5.83. The molecular weight excluding hydrogens is 308 g/mol. The molecule has 25 heavy (non-hydrogen) atoms. The zero-order valence-corrected chi connectivity index (χ0v) is 15.2. The number of hydrogen-bond donors (Lipinski definition) is 0. The molecule has 2 aromatic carbocycles. The summed E-state index contributed by atoms with van der Waals surface area (Å²) in [6.07, 6.45) is 4.67. The zero-order valence-electron chi connectivity index (χ0n) is 15.2. The van der Waals surface area contributed by atoms with Crippen LogP contribution in [0.1, 0.15) is 44.2 Å². The van der Waals surface area contributed by atoms with Crippen LogP contribution in [0.4, 0.5) is 0 Å². The molecule has 0 aromatic heterocycles. The van der Waals surface area contributed by atoms with Crippen molar-refractivity contribution < 1.29 is 4.79 Å². The fraction of sp³-hybridized carbons (Fsp3) is 0.500. The van der Waals surface area contributed by atoms with E-state index in [-0.39, 0.29) is 0 Å². The Hall–Kier alpha value is -1.87. The van der Waals surface area contributed by atoms with Crippen molar-refractivity contribution in [2.75, 3.05) is 26.2 Å². The minimum Gasteiger partial charge on any atom is -0.340 e. The van der Waals surface area contributed by atoms with Gasteiger partial charge in [0.25, 0.3) is 0 Å². The topological polar surface area (TPSA) is 23.6 Å². The summed E-state index contributed by atoms with van der Waals surface area (Å²) < 4.78 is 0. The van der Waals surface area contributed by atoms with Crippen LogP contribution in [-0.4, -0.2) is 41.9 Å². The van der Waals surface area contributed by atoms with Crippen LogP contribution in [0.25, 0.3) is 10.8 Å². The molecule has 132 valence electrons. The Labute approximate surface area is 150 Å². The molecule has 1 atom stereocenters. The largest absolute Gasteiger partial charge is 0.340 e. The Bertz CT molecular complexity index is 743. The molecule has 1 amide bonds. The first-order valence-corrected chi connectivity index (χ1v) is 9.74. The number of fused-ring (bicyclic) bond motifs is 1. The summed E-state index contributed by atoms with van der Waals surface area (Å²) in [5.41, 5.74) is 1.37. The number of carbonyl (C=O) groups excluding carboxylic acids is 1. The van der Waals surface area contributed by atoms with Gasteiger partial charge < -0.3 is 4.90 Å². The summed E-state index contributed by atoms with van der Waals surface area (Å²) in [5, 5.41) is 2.60. The molecule has 2 aliphatic rings. The lowest BCUT2D eigenvalue weighted by Crippen LogP contribution is -2.50. The zero-order chi connectivity index (χ0) is 17.2. The Morgan fingerprint density at radius 2 is 1.64 bits per heavy atom. The lowest BCUT2D eigenvalue weighted by Gasteiger charge is -2.39. The first-order valence-electron chi connectivity index (χ1n) is 9.74. The van der Waals surface area contributed by atoms with Crippen LogP contribution in [0.5, 0.6) is 0 Å². The SMILES string of the molecule is CC(c1ccc2ccccc2c1)N1CCN(C(=O)C2CCCC2)CC1.